The van der Waals surface area contributed by atoms with Gasteiger partial charge in [-0.05, 0) is 36.1 Å². The molecule has 3 rings (SSSR count). The lowest BCUT2D eigenvalue weighted by Gasteiger charge is -2.16. The number of nitrogens with one attached hydrogen (secondary N) is 1. The summed E-state index contributed by atoms with van der Waals surface area (Å²) in [5.74, 6) is 0.794. The van der Waals surface area contributed by atoms with Crippen LogP contribution in [0.2, 0.25) is 0 Å². The number of hydrogen-bond acceptors (Lipinski definition) is 4. The van der Waals surface area contributed by atoms with Gasteiger partial charge in [-0.25, -0.2) is 4.98 Å². The zero-order valence-electron chi connectivity index (χ0n) is 11.7. The Bertz CT molecular complexity index is 688. The lowest BCUT2D eigenvalue weighted by atomic mass is 10.1. The molecule has 0 aliphatic heterocycles. The maximum absolute atomic E-state index is 5.64. The van der Waals surface area contributed by atoms with Crippen LogP contribution in [0.15, 0.2) is 40.1 Å². The monoisotopic (exact) mass is 286 g/mol. The van der Waals surface area contributed by atoms with Gasteiger partial charge in [0.15, 0.2) is 11.5 Å². The number of fused-ring (bicyclic) bond motifs is 1. The predicted octanol–water partition coefficient (Wildman–Crippen LogP) is 5.01. The van der Waals surface area contributed by atoms with E-state index in [9.17, 15) is 0 Å². The maximum atomic E-state index is 5.64. The number of rotatable bonds is 5. The fraction of sp³-hybridized carbons (Fsp3) is 0.312. The molecule has 104 valence electrons. The van der Waals surface area contributed by atoms with Crippen LogP contribution in [0, 0.1) is 0 Å². The van der Waals surface area contributed by atoms with Crippen molar-refractivity contribution < 1.29 is 4.42 Å². The Labute approximate surface area is 122 Å². The molecule has 3 nitrogen and oxygen atoms in total. The van der Waals surface area contributed by atoms with E-state index in [4.69, 9.17) is 4.42 Å². The summed E-state index contributed by atoms with van der Waals surface area (Å²) in [6, 6.07) is 10.7. The Kier molecular flexibility index (Phi) is 3.74. The standard InChI is InChI=1S/C16H18N2OS/c1-3-12(15-6-5-9-20-15)17-11-7-8-14-13(10-11)18-16(4-2)19-14/h5-10,12,17H,3-4H2,1-2H3. The number of oxazole rings is 1. The molecule has 2 aromatic heterocycles. The van der Waals surface area contributed by atoms with E-state index in [1.165, 1.54) is 4.88 Å². The van der Waals surface area contributed by atoms with Crippen LogP contribution in [0.25, 0.3) is 11.1 Å². The van der Waals surface area contributed by atoms with E-state index in [1.54, 1.807) is 11.3 Å². The van der Waals surface area contributed by atoms with Gasteiger partial charge in [-0.1, -0.05) is 19.9 Å². The maximum Gasteiger partial charge on any atom is 0.195 e. The minimum absolute atomic E-state index is 0.352. The van der Waals surface area contributed by atoms with Crippen molar-refractivity contribution in [2.75, 3.05) is 5.32 Å². The molecule has 1 unspecified atom stereocenters. The molecule has 2 heterocycles. The van der Waals surface area contributed by atoms with Crippen molar-refractivity contribution in [3.63, 3.8) is 0 Å². The van der Waals surface area contributed by atoms with Gasteiger partial charge >= 0.3 is 0 Å². The lowest BCUT2D eigenvalue weighted by molar-refractivity contribution is 0.538. The molecular weight excluding hydrogens is 268 g/mol. The van der Waals surface area contributed by atoms with Gasteiger partial charge in [0.1, 0.15) is 5.52 Å². The summed E-state index contributed by atoms with van der Waals surface area (Å²) in [6.07, 6.45) is 1.88. The highest BCUT2D eigenvalue weighted by Crippen LogP contribution is 2.28. The average molecular weight is 286 g/mol. The van der Waals surface area contributed by atoms with Crippen LogP contribution >= 0.6 is 11.3 Å². The molecule has 1 atom stereocenters. The van der Waals surface area contributed by atoms with E-state index < -0.39 is 0 Å². The van der Waals surface area contributed by atoms with Gasteiger partial charge < -0.3 is 9.73 Å². The summed E-state index contributed by atoms with van der Waals surface area (Å²) in [5.41, 5.74) is 2.87. The van der Waals surface area contributed by atoms with E-state index in [0.717, 1.165) is 35.5 Å². The number of aryl methyl sites for hydroxylation is 1. The van der Waals surface area contributed by atoms with Crippen molar-refractivity contribution in [2.24, 2.45) is 0 Å². The van der Waals surface area contributed by atoms with Crippen LogP contribution in [-0.2, 0) is 6.42 Å². The Morgan fingerprint density at radius 1 is 1.30 bits per heavy atom. The van der Waals surface area contributed by atoms with E-state index in [-0.39, 0.29) is 0 Å². The molecular formula is C16H18N2OS. The second kappa shape index (κ2) is 5.67. The number of benzene rings is 1. The van der Waals surface area contributed by atoms with Gasteiger partial charge in [0.2, 0.25) is 0 Å². The van der Waals surface area contributed by atoms with Gasteiger partial charge in [-0.15, -0.1) is 11.3 Å². The van der Waals surface area contributed by atoms with Crippen LogP contribution in [0.3, 0.4) is 0 Å². The van der Waals surface area contributed by atoms with Crippen LogP contribution in [0.5, 0.6) is 0 Å². The third kappa shape index (κ3) is 2.56. The largest absolute Gasteiger partial charge is 0.441 e. The highest BCUT2D eigenvalue weighted by atomic mass is 32.1. The molecule has 0 aliphatic carbocycles. The molecule has 0 fully saturated rings. The highest BCUT2D eigenvalue weighted by molar-refractivity contribution is 7.10. The molecule has 0 saturated heterocycles. The number of nitrogens with zero attached hydrogens (tertiary/aromatic N) is 1. The lowest BCUT2D eigenvalue weighted by Crippen LogP contribution is -2.07. The van der Waals surface area contributed by atoms with Crippen LogP contribution in [-0.4, -0.2) is 4.98 Å². The third-order valence-corrected chi connectivity index (χ3v) is 4.36. The molecule has 0 aliphatic rings. The minimum Gasteiger partial charge on any atom is -0.441 e. The van der Waals surface area contributed by atoms with E-state index in [2.05, 4.69) is 46.9 Å². The topological polar surface area (TPSA) is 38.1 Å². The highest BCUT2D eigenvalue weighted by Gasteiger charge is 2.11. The molecule has 0 radical (unpaired) electrons. The average Bonchev–Trinajstić information content (AvgIpc) is 3.12. The van der Waals surface area contributed by atoms with Gasteiger partial charge in [0.05, 0.1) is 6.04 Å². The Hall–Kier alpha value is -1.81. The fourth-order valence-corrected chi connectivity index (χ4v) is 3.14. The first kappa shape index (κ1) is 13.2. The first-order valence-corrected chi connectivity index (χ1v) is 7.87. The smallest absolute Gasteiger partial charge is 0.195 e. The van der Waals surface area contributed by atoms with Gasteiger partial charge in [0, 0.05) is 17.0 Å². The van der Waals surface area contributed by atoms with Gasteiger partial charge in [-0.2, -0.15) is 0 Å². The molecule has 0 bridgehead atoms. The molecule has 1 N–H and O–H groups in total. The molecule has 20 heavy (non-hydrogen) atoms. The van der Waals surface area contributed by atoms with Gasteiger partial charge in [0.25, 0.3) is 0 Å². The molecule has 1 aromatic carbocycles. The summed E-state index contributed by atoms with van der Waals surface area (Å²) >= 11 is 1.79. The molecule has 0 saturated carbocycles. The normalized spacial score (nSPS) is 12.7. The molecule has 3 aromatic rings. The predicted molar refractivity (Wildman–Crippen MR) is 84.4 cm³/mol. The van der Waals surface area contributed by atoms with Crippen LogP contribution in [0.4, 0.5) is 5.69 Å². The SMILES string of the molecule is CCc1nc2cc(NC(CC)c3cccs3)ccc2o1. The van der Waals surface area contributed by atoms with Gasteiger partial charge in [-0.3, -0.25) is 0 Å². The molecule has 4 heteroatoms. The van der Waals surface area contributed by atoms with E-state index >= 15 is 0 Å². The fourth-order valence-electron chi connectivity index (χ4n) is 2.28. The Morgan fingerprint density at radius 3 is 2.90 bits per heavy atom. The number of hydrogen-bond donors (Lipinski definition) is 1. The second-order valence-corrected chi connectivity index (χ2v) is 5.74. The number of thiophene rings is 1. The first-order valence-electron chi connectivity index (χ1n) is 6.99. The van der Waals surface area contributed by atoms with Crippen molar-refractivity contribution in [1.82, 2.24) is 4.98 Å². The van der Waals surface area contributed by atoms with Crippen LogP contribution < -0.4 is 5.32 Å². The number of anilines is 1. The first-order chi connectivity index (χ1) is 9.80. The summed E-state index contributed by atoms with van der Waals surface area (Å²) in [4.78, 5) is 5.85. The van der Waals surface area contributed by atoms with Crippen molar-refractivity contribution in [3.05, 3.63) is 46.5 Å². The number of aromatic nitrogens is 1. The second-order valence-electron chi connectivity index (χ2n) is 4.76. The van der Waals surface area contributed by atoms with Crippen molar-refractivity contribution >= 4 is 28.1 Å². The van der Waals surface area contributed by atoms with Crippen molar-refractivity contribution in [2.45, 2.75) is 32.7 Å². The zero-order chi connectivity index (χ0) is 13.9. The Balaban J connectivity index is 1.86. The summed E-state index contributed by atoms with van der Waals surface area (Å²) in [5, 5.41) is 5.70. The van der Waals surface area contributed by atoms with Crippen molar-refractivity contribution in [3.8, 4) is 0 Å². The summed E-state index contributed by atoms with van der Waals surface area (Å²) < 4.78 is 5.64. The minimum atomic E-state index is 0.352. The summed E-state index contributed by atoms with van der Waals surface area (Å²) in [7, 11) is 0. The van der Waals surface area contributed by atoms with Crippen molar-refractivity contribution in [1.29, 1.82) is 0 Å². The summed E-state index contributed by atoms with van der Waals surface area (Å²) in [6.45, 7) is 4.25. The quantitative estimate of drug-likeness (QED) is 0.716. The third-order valence-electron chi connectivity index (χ3n) is 3.37. The van der Waals surface area contributed by atoms with E-state index in [1.807, 2.05) is 13.0 Å². The Morgan fingerprint density at radius 2 is 2.20 bits per heavy atom. The zero-order valence-corrected chi connectivity index (χ0v) is 12.5. The molecule has 0 spiro atoms. The molecule has 0 amide bonds. The van der Waals surface area contributed by atoms with E-state index in [0.29, 0.717) is 6.04 Å². The van der Waals surface area contributed by atoms with Crippen LogP contribution in [0.1, 0.15) is 37.1 Å².